The van der Waals surface area contributed by atoms with Gasteiger partial charge < -0.3 is 0 Å². The first-order valence-corrected chi connectivity index (χ1v) is 26.1. The summed E-state index contributed by atoms with van der Waals surface area (Å²) >= 11 is 0. The lowest BCUT2D eigenvalue weighted by Gasteiger charge is -2.27. The van der Waals surface area contributed by atoms with E-state index in [4.69, 9.17) is 0 Å². The number of anilines is 1. The van der Waals surface area contributed by atoms with Crippen molar-refractivity contribution in [3.8, 4) is 44.5 Å². The van der Waals surface area contributed by atoms with Crippen LogP contribution in [0.4, 0.5) is 5.69 Å². The Bertz CT molecular complexity index is 4580. The van der Waals surface area contributed by atoms with E-state index in [0.717, 1.165) is 38.6 Å². The van der Waals surface area contributed by atoms with Gasteiger partial charge in [-0.1, -0.05) is 239 Å². The van der Waals surface area contributed by atoms with E-state index in [0.29, 0.717) is 5.84 Å². The third-order valence-corrected chi connectivity index (χ3v) is 15.7. The summed E-state index contributed by atoms with van der Waals surface area (Å²) in [5.74, 6) is 0.379. The molecule has 3 heteroatoms. The number of hydrogen-bond acceptors (Lipinski definition) is 1. The van der Waals surface area contributed by atoms with Gasteiger partial charge in [-0.3, -0.25) is 10.3 Å². The highest BCUT2D eigenvalue weighted by atomic mass is 31.0. The van der Waals surface area contributed by atoms with E-state index >= 15 is 0 Å². The van der Waals surface area contributed by atoms with Crippen molar-refractivity contribution in [3.05, 3.63) is 284 Å². The van der Waals surface area contributed by atoms with Crippen molar-refractivity contribution >= 4 is 101 Å². The maximum absolute atomic E-state index is 9.64. The van der Waals surface area contributed by atoms with Crippen LogP contribution in [0.25, 0.3) is 120 Å². The number of benzene rings is 14. The van der Waals surface area contributed by atoms with Crippen molar-refractivity contribution in [2.45, 2.75) is 0 Å². The monoisotopic (exact) mass is 970 g/mol. The minimum absolute atomic E-state index is 0.379. The smallest absolute Gasteiger partial charge is 0.137 e. The summed E-state index contributed by atoms with van der Waals surface area (Å²) in [5, 5.41) is 26.5. The van der Waals surface area contributed by atoms with Gasteiger partial charge in [0.05, 0.1) is 5.42 Å². The van der Waals surface area contributed by atoms with E-state index < -0.39 is 0 Å². The SMILES string of the molecule is N=C(c1ccc2cc(-c3c4ccccc4c(-c4ccc5c(-c6ccc7ccccc7c6)c6ccccc6c(-c6ccc7ccccc7c6)c5c4)c4ccccc34)ccc2c1)N(C(=P)c1ccccc1)c1ccccc1. The van der Waals surface area contributed by atoms with Gasteiger partial charge in [-0.05, 0) is 162 Å². The molecule has 75 heavy (non-hydrogen) atoms. The van der Waals surface area contributed by atoms with E-state index in [2.05, 4.69) is 233 Å². The van der Waals surface area contributed by atoms with Gasteiger partial charge in [0.25, 0.3) is 0 Å². The average molecular weight is 971 g/mol. The molecule has 0 aliphatic heterocycles. The topological polar surface area (TPSA) is 27.1 Å². The molecule has 14 aromatic carbocycles. The number of para-hydroxylation sites is 1. The summed E-state index contributed by atoms with van der Waals surface area (Å²) in [5.41, 5.74) is 13.2. The lowest BCUT2D eigenvalue weighted by molar-refractivity contribution is 1.34. The van der Waals surface area contributed by atoms with E-state index in [1.54, 1.807) is 0 Å². The van der Waals surface area contributed by atoms with Crippen molar-refractivity contribution in [1.29, 1.82) is 5.41 Å². The molecule has 0 bridgehead atoms. The Morgan fingerprint density at radius 2 is 0.600 bits per heavy atom. The van der Waals surface area contributed by atoms with Crippen LogP contribution in [0.1, 0.15) is 11.1 Å². The molecular weight excluding hydrogens is 924 g/mol. The van der Waals surface area contributed by atoms with Crippen LogP contribution in [0, 0.1) is 5.41 Å². The Morgan fingerprint density at radius 3 is 1.09 bits per heavy atom. The Labute approximate surface area is 437 Å². The summed E-state index contributed by atoms with van der Waals surface area (Å²) < 4.78 is 0. The van der Waals surface area contributed by atoms with Crippen molar-refractivity contribution in [3.63, 3.8) is 0 Å². The Balaban J connectivity index is 0.946. The van der Waals surface area contributed by atoms with Gasteiger partial charge in [0, 0.05) is 16.8 Å². The lowest BCUT2D eigenvalue weighted by Crippen LogP contribution is -2.36. The van der Waals surface area contributed by atoms with Crippen LogP contribution in [-0.4, -0.2) is 11.3 Å². The molecule has 0 aliphatic rings. The van der Waals surface area contributed by atoms with E-state index in [-0.39, 0.29) is 0 Å². The van der Waals surface area contributed by atoms with Crippen molar-refractivity contribution in [2.24, 2.45) is 0 Å². The van der Waals surface area contributed by atoms with Gasteiger partial charge in [0.1, 0.15) is 5.84 Å². The second-order valence-electron chi connectivity index (χ2n) is 19.5. The number of hydrogen-bond donors (Lipinski definition) is 1. The van der Waals surface area contributed by atoms with Gasteiger partial charge in [-0.25, -0.2) is 0 Å². The molecular formula is C72H47N2P. The molecule has 0 amide bonds. The van der Waals surface area contributed by atoms with Gasteiger partial charge in [0.15, 0.2) is 0 Å². The number of nitrogens with one attached hydrogen (secondary N) is 1. The van der Waals surface area contributed by atoms with Crippen LogP contribution >= 0.6 is 8.86 Å². The van der Waals surface area contributed by atoms with Crippen LogP contribution in [-0.2, 0) is 0 Å². The average Bonchev–Trinajstić information content (AvgIpc) is 3.50. The zero-order valence-electron chi connectivity index (χ0n) is 40.9. The largest absolute Gasteiger partial charge is 0.291 e. The lowest BCUT2D eigenvalue weighted by atomic mass is 9.82. The second kappa shape index (κ2) is 18.2. The van der Waals surface area contributed by atoms with Gasteiger partial charge in [0.2, 0.25) is 0 Å². The van der Waals surface area contributed by atoms with Crippen LogP contribution < -0.4 is 4.90 Å². The zero-order chi connectivity index (χ0) is 50.0. The molecule has 0 unspecified atom stereocenters. The fourth-order valence-electron chi connectivity index (χ4n) is 11.7. The Hall–Kier alpha value is -9.46. The predicted molar refractivity (Wildman–Crippen MR) is 325 cm³/mol. The quantitative estimate of drug-likeness (QED) is 0.0699. The first kappa shape index (κ1) is 44.3. The van der Waals surface area contributed by atoms with Crippen molar-refractivity contribution < 1.29 is 0 Å². The summed E-state index contributed by atoms with van der Waals surface area (Å²) in [7, 11) is 3.96. The van der Waals surface area contributed by atoms with E-state index in [1.165, 1.54) is 104 Å². The molecule has 2 nitrogen and oxygen atoms in total. The molecule has 14 rings (SSSR count). The van der Waals surface area contributed by atoms with Gasteiger partial charge >= 0.3 is 0 Å². The summed E-state index contributed by atoms with van der Waals surface area (Å²) in [4.78, 5) is 1.97. The zero-order valence-corrected chi connectivity index (χ0v) is 41.9. The minimum Gasteiger partial charge on any atom is -0.291 e. The highest BCUT2D eigenvalue weighted by Gasteiger charge is 2.23. The molecule has 0 fully saturated rings. The maximum atomic E-state index is 9.64. The van der Waals surface area contributed by atoms with E-state index in [9.17, 15) is 5.41 Å². The number of nitrogens with zero attached hydrogens (tertiary/aromatic N) is 1. The molecule has 350 valence electrons. The van der Waals surface area contributed by atoms with Gasteiger partial charge in [-0.2, -0.15) is 0 Å². The predicted octanol–water partition coefficient (Wildman–Crippen LogP) is 19.6. The van der Waals surface area contributed by atoms with Gasteiger partial charge in [-0.15, -0.1) is 0 Å². The van der Waals surface area contributed by atoms with Crippen LogP contribution in [0.5, 0.6) is 0 Å². The van der Waals surface area contributed by atoms with Crippen LogP contribution in [0.3, 0.4) is 0 Å². The van der Waals surface area contributed by atoms with Crippen molar-refractivity contribution in [2.75, 3.05) is 4.90 Å². The molecule has 0 aromatic heterocycles. The Morgan fingerprint density at radius 1 is 0.267 bits per heavy atom. The fourth-order valence-corrected chi connectivity index (χ4v) is 12.2. The molecule has 14 aromatic rings. The molecule has 0 atom stereocenters. The third-order valence-electron chi connectivity index (χ3n) is 15.2. The molecule has 0 aliphatic carbocycles. The molecule has 1 N–H and O–H groups in total. The van der Waals surface area contributed by atoms with Crippen LogP contribution in [0.15, 0.2) is 273 Å². The molecule has 0 spiro atoms. The molecule has 0 heterocycles. The number of amidine groups is 1. The summed E-state index contributed by atoms with van der Waals surface area (Å²) in [6, 6.07) is 98.8. The maximum Gasteiger partial charge on any atom is 0.137 e. The molecule has 0 radical (unpaired) electrons. The first-order chi connectivity index (χ1) is 37.0. The standard InChI is InChI=1S/C72H47N2P/c73-71(74(58-23-5-2-6-24-58)72(75)48-19-3-1-4-20-48)57-38-34-51-43-54(37-33-52(51)44-57)67-59-25-11-13-27-61(59)69(62-28-14-12-26-60(62)67)56-39-40-65-66(45-56)70(55-36-32-47-18-8-10-22-50(47)42-55)64-30-16-15-29-63(64)68(65)53-35-31-46-17-7-9-21-49(46)41-53/h1-45,73,75H. The number of rotatable bonds is 8. The van der Waals surface area contributed by atoms with Crippen molar-refractivity contribution in [1.82, 2.24) is 0 Å². The van der Waals surface area contributed by atoms with E-state index in [1.807, 2.05) is 53.4 Å². The molecule has 0 saturated heterocycles. The Kier molecular flexibility index (Phi) is 10.8. The molecule has 0 saturated carbocycles. The number of fused-ring (bicyclic) bond motifs is 7. The third kappa shape index (κ3) is 7.58. The first-order valence-electron chi connectivity index (χ1n) is 25.6. The summed E-state index contributed by atoms with van der Waals surface area (Å²) in [6.07, 6.45) is 0. The fraction of sp³-hybridized carbons (Fsp3) is 0. The summed E-state index contributed by atoms with van der Waals surface area (Å²) in [6.45, 7) is 0. The highest BCUT2D eigenvalue weighted by Crippen LogP contribution is 2.49. The minimum atomic E-state index is 0.379. The second-order valence-corrected chi connectivity index (χ2v) is 20.0. The van der Waals surface area contributed by atoms with Crippen LogP contribution in [0.2, 0.25) is 0 Å². The highest BCUT2D eigenvalue weighted by molar-refractivity contribution is 7.23. The normalized spacial score (nSPS) is 11.6.